The lowest BCUT2D eigenvalue weighted by atomic mass is 10.2. The van der Waals surface area contributed by atoms with Crippen LogP contribution in [0, 0.1) is 0 Å². The first-order valence-electron chi connectivity index (χ1n) is 6.52. The number of benzene rings is 1. The minimum Gasteiger partial charge on any atom is -0.482 e. The Kier molecular flexibility index (Phi) is 3.62. The van der Waals surface area contributed by atoms with Crippen LogP contribution in [-0.4, -0.2) is 45.0 Å². The maximum Gasteiger partial charge on any atom is 0.262 e. The first-order chi connectivity index (χ1) is 9.72. The van der Waals surface area contributed by atoms with Crippen molar-refractivity contribution in [2.75, 3.05) is 49.3 Å². The van der Waals surface area contributed by atoms with Gasteiger partial charge in [-0.25, -0.2) is 0 Å². The lowest BCUT2D eigenvalue weighted by Gasteiger charge is -2.25. The Hall–Kier alpha value is -1.99. The number of anilines is 3. The Morgan fingerprint density at radius 1 is 1.40 bits per heavy atom. The Bertz CT molecular complexity index is 515. The number of nitrogens with one attached hydrogen (secondary N) is 2. The number of ether oxygens (including phenoxy) is 3. The fraction of sp³-hybridized carbons (Fsp3) is 0.462. The van der Waals surface area contributed by atoms with E-state index in [0.717, 1.165) is 5.69 Å². The average molecular weight is 279 g/mol. The fourth-order valence-electron chi connectivity index (χ4n) is 2.17. The van der Waals surface area contributed by atoms with Crippen LogP contribution in [-0.2, 0) is 14.3 Å². The van der Waals surface area contributed by atoms with Gasteiger partial charge < -0.3 is 30.6 Å². The van der Waals surface area contributed by atoms with Crippen LogP contribution in [0.25, 0.3) is 0 Å². The predicted molar refractivity (Wildman–Crippen MR) is 74.0 cm³/mol. The second kappa shape index (κ2) is 5.56. The highest BCUT2D eigenvalue weighted by Gasteiger charge is 2.19. The quantitative estimate of drug-likeness (QED) is 0.694. The minimum atomic E-state index is -0.169. The molecule has 1 unspecified atom stereocenters. The molecular formula is C13H17N3O4. The summed E-state index contributed by atoms with van der Waals surface area (Å²) < 4.78 is 16.2. The Labute approximate surface area is 116 Å². The van der Waals surface area contributed by atoms with E-state index < -0.39 is 0 Å². The summed E-state index contributed by atoms with van der Waals surface area (Å²) in [5, 5.41) is 5.96. The molecule has 7 nitrogen and oxygen atoms in total. The molecule has 0 aliphatic carbocycles. The summed E-state index contributed by atoms with van der Waals surface area (Å²) in [7, 11) is 0. The molecule has 7 heteroatoms. The number of rotatable bonds is 3. The van der Waals surface area contributed by atoms with Gasteiger partial charge in [0.15, 0.2) is 6.61 Å². The number of amides is 1. The third-order valence-corrected chi connectivity index (χ3v) is 3.19. The Morgan fingerprint density at radius 2 is 2.30 bits per heavy atom. The highest BCUT2D eigenvalue weighted by molar-refractivity contribution is 5.97. The van der Waals surface area contributed by atoms with Crippen molar-refractivity contribution < 1.29 is 19.0 Å². The molecular weight excluding hydrogens is 262 g/mol. The first-order valence-corrected chi connectivity index (χ1v) is 6.52. The molecule has 3 rings (SSSR count). The van der Waals surface area contributed by atoms with Crippen LogP contribution in [0.15, 0.2) is 12.1 Å². The summed E-state index contributed by atoms with van der Waals surface area (Å²) in [6.07, 6.45) is 0.00465. The lowest BCUT2D eigenvalue weighted by Crippen LogP contribution is -2.34. The number of fused-ring (bicyclic) bond motifs is 1. The standard InChI is InChI=1S/C13H17N3O4/c14-9-3-12-11(16-13(17)7-20-12)4-10(9)15-5-8-6-18-1-2-19-8/h3-4,8,15H,1-2,5-7,14H2,(H,16,17). The molecule has 1 amide bonds. The molecule has 20 heavy (non-hydrogen) atoms. The third-order valence-electron chi connectivity index (χ3n) is 3.19. The van der Waals surface area contributed by atoms with Gasteiger partial charge in [-0.1, -0.05) is 0 Å². The summed E-state index contributed by atoms with van der Waals surface area (Å²) in [6.45, 7) is 2.43. The Morgan fingerprint density at radius 3 is 3.10 bits per heavy atom. The maximum atomic E-state index is 11.3. The summed E-state index contributed by atoms with van der Waals surface area (Å²) >= 11 is 0. The molecule has 0 radical (unpaired) electrons. The molecule has 0 aromatic heterocycles. The number of hydrogen-bond donors (Lipinski definition) is 3. The second-order valence-electron chi connectivity index (χ2n) is 4.72. The van der Waals surface area contributed by atoms with Gasteiger partial charge >= 0.3 is 0 Å². The van der Waals surface area contributed by atoms with Crippen molar-refractivity contribution in [3.8, 4) is 5.75 Å². The van der Waals surface area contributed by atoms with Gasteiger partial charge in [0.05, 0.1) is 43.0 Å². The van der Waals surface area contributed by atoms with E-state index in [4.69, 9.17) is 19.9 Å². The van der Waals surface area contributed by atoms with Crippen molar-refractivity contribution in [3.63, 3.8) is 0 Å². The molecule has 1 saturated heterocycles. The van der Waals surface area contributed by atoms with E-state index in [1.54, 1.807) is 12.1 Å². The third kappa shape index (κ3) is 2.78. The van der Waals surface area contributed by atoms with E-state index in [1.165, 1.54) is 0 Å². The fourth-order valence-corrected chi connectivity index (χ4v) is 2.17. The van der Waals surface area contributed by atoms with Gasteiger partial charge in [0, 0.05) is 12.6 Å². The highest BCUT2D eigenvalue weighted by atomic mass is 16.6. The van der Waals surface area contributed by atoms with Gasteiger partial charge in [0.1, 0.15) is 5.75 Å². The van der Waals surface area contributed by atoms with Gasteiger partial charge in [0.25, 0.3) is 5.91 Å². The molecule has 2 heterocycles. The van der Waals surface area contributed by atoms with Gasteiger partial charge in [0.2, 0.25) is 0 Å². The zero-order chi connectivity index (χ0) is 13.9. The van der Waals surface area contributed by atoms with Crippen LogP contribution in [0.3, 0.4) is 0 Å². The van der Waals surface area contributed by atoms with Crippen LogP contribution in [0.4, 0.5) is 17.1 Å². The van der Waals surface area contributed by atoms with E-state index in [-0.39, 0.29) is 18.6 Å². The van der Waals surface area contributed by atoms with Gasteiger partial charge in [-0.15, -0.1) is 0 Å². The summed E-state index contributed by atoms with van der Waals surface area (Å²) in [4.78, 5) is 11.3. The molecule has 4 N–H and O–H groups in total. The monoisotopic (exact) mass is 279 g/mol. The molecule has 0 bridgehead atoms. The number of hydrogen-bond acceptors (Lipinski definition) is 6. The summed E-state index contributed by atoms with van der Waals surface area (Å²) in [5.41, 5.74) is 7.90. The van der Waals surface area contributed by atoms with Crippen molar-refractivity contribution in [1.29, 1.82) is 0 Å². The van der Waals surface area contributed by atoms with E-state index in [0.29, 0.717) is 43.5 Å². The SMILES string of the molecule is Nc1cc2c(cc1NCC1COCCO1)NC(=O)CO2. The first kappa shape index (κ1) is 13.0. The summed E-state index contributed by atoms with van der Waals surface area (Å²) in [5.74, 6) is 0.419. The van der Waals surface area contributed by atoms with E-state index >= 15 is 0 Å². The Balaban J connectivity index is 1.69. The molecule has 1 fully saturated rings. The topological polar surface area (TPSA) is 94.8 Å². The molecule has 1 aromatic rings. The average Bonchev–Trinajstić information content (AvgIpc) is 2.46. The van der Waals surface area contributed by atoms with E-state index in [1.807, 2.05) is 0 Å². The van der Waals surface area contributed by atoms with Gasteiger partial charge in [-0.05, 0) is 6.07 Å². The molecule has 2 aliphatic rings. The number of carbonyl (C=O) groups excluding carboxylic acids is 1. The molecule has 0 saturated carbocycles. The molecule has 0 spiro atoms. The van der Waals surface area contributed by atoms with E-state index in [2.05, 4.69) is 10.6 Å². The molecule has 108 valence electrons. The number of carbonyl (C=O) groups is 1. The van der Waals surface area contributed by atoms with Crippen molar-refractivity contribution in [2.45, 2.75) is 6.10 Å². The van der Waals surface area contributed by atoms with Crippen LogP contribution in [0.2, 0.25) is 0 Å². The minimum absolute atomic E-state index is 0.00465. The highest BCUT2D eigenvalue weighted by Crippen LogP contribution is 2.35. The van der Waals surface area contributed by atoms with Gasteiger partial charge in [-0.3, -0.25) is 4.79 Å². The van der Waals surface area contributed by atoms with Crippen LogP contribution in [0.1, 0.15) is 0 Å². The van der Waals surface area contributed by atoms with Crippen molar-refractivity contribution in [2.24, 2.45) is 0 Å². The molecule has 2 aliphatic heterocycles. The molecule has 1 atom stereocenters. The zero-order valence-electron chi connectivity index (χ0n) is 11.0. The predicted octanol–water partition coefficient (Wildman–Crippen LogP) is 0.427. The normalized spacial score (nSPS) is 21.6. The summed E-state index contributed by atoms with van der Waals surface area (Å²) in [6, 6.07) is 3.47. The second-order valence-corrected chi connectivity index (χ2v) is 4.72. The maximum absolute atomic E-state index is 11.3. The van der Waals surface area contributed by atoms with Crippen molar-refractivity contribution in [1.82, 2.24) is 0 Å². The van der Waals surface area contributed by atoms with Crippen LogP contribution >= 0.6 is 0 Å². The van der Waals surface area contributed by atoms with Crippen LogP contribution < -0.4 is 21.1 Å². The van der Waals surface area contributed by atoms with Gasteiger partial charge in [-0.2, -0.15) is 0 Å². The number of nitrogens with two attached hydrogens (primary N) is 1. The smallest absolute Gasteiger partial charge is 0.262 e. The lowest BCUT2D eigenvalue weighted by molar-refractivity contribution is -0.118. The number of nitrogen functional groups attached to an aromatic ring is 1. The van der Waals surface area contributed by atoms with Crippen molar-refractivity contribution in [3.05, 3.63) is 12.1 Å². The van der Waals surface area contributed by atoms with E-state index in [9.17, 15) is 4.79 Å². The van der Waals surface area contributed by atoms with Crippen molar-refractivity contribution >= 4 is 23.0 Å². The largest absolute Gasteiger partial charge is 0.482 e. The van der Waals surface area contributed by atoms with Crippen LogP contribution in [0.5, 0.6) is 5.75 Å². The zero-order valence-corrected chi connectivity index (χ0v) is 11.0. The molecule has 1 aromatic carbocycles.